The Hall–Kier alpha value is -1.16. The molecule has 0 aromatic heterocycles. The van der Waals surface area contributed by atoms with Gasteiger partial charge in [-0.05, 0) is 59.9 Å². The molecule has 0 radical (unpaired) electrons. The fourth-order valence-electron chi connectivity index (χ4n) is 4.35. The Morgan fingerprint density at radius 3 is 2.58 bits per heavy atom. The van der Waals surface area contributed by atoms with Crippen molar-refractivity contribution in [2.24, 2.45) is 5.92 Å². The number of aliphatic hydroxyl groups is 1. The summed E-state index contributed by atoms with van der Waals surface area (Å²) in [6.07, 6.45) is 5.09. The van der Waals surface area contributed by atoms with Gasteiger partial charge < -0.3 is 5.11 Å². The summed E-state index contributed by atoms with van der Waals surface area (Å²) in [7, 11) is 0. The molecule has 2 bridgehead atoms. The first kappa shape index (κ1) is 16.3. The third-order valence-electron chi connectivity index (χ3n) is 5.67. The van der Waals surface area contributed by atoms with Gasteiger partial charge in [0.25, 0.3) is 0 Å². The van der Waals surface area contributed by atoms with E-state index in [-0.39, 0.29) is 6.61 Å². The first-order chi connectivity index (χ1) is 11.7. The highest BCUT2D eigenvalue weighted by Gasteiger charge is 2.31. The fourth-order valence-corrected chi connectivity index (χ4v) is 4.90. The van der Waals surface area contributed by atoms with E-state index in [1.165, 1.54) is 37.8 Å². The third-order valence-corrected chi connectivity index (χ3v) is 6.41. The smallest absolute Gasteiger partial charge is 0.0692 e. The van der Waals surface area contributed by atoms with Gasteiger partial charge in [0, 0.05) is 23.6 Å². The van der Waals surface area contributed by atoms with Crippen molar-refractivity contribution >= 4 is 15.9 Å². The van der Waals surface area contributed by atoms with Crippen LogP contribution in [0.4, 0.5) is 0 Å². The maximum Gasteiger partial charge on any atom is 0.0692 e. The standard InChI is InChI=1S/C21H24BrNO/c22-21-10-16(5-7-19(21)14-24)13-23-12-15-6-8-20(23)11-18-4-2-1-3-17(18)9-15/h1-5,7,10,15,20,24H,6,8-9,11-14H2. The molecule has 2 atom stereocenters. The molecule has 2 aliphatic heterocycles. The van der Waals surface area contributed by atoms with E-state index in [0.29, 0.717) is 6.04 Å². The monoisotopic (exact) mass is 385 g/mol. The van der Waals surface area contributed by atoms with Gasteiger partial charge in [-0.1, -0.05) is 52.3 Å². The second kappa shape index (κ2) is 6.99. The maximum absolute atomic E-state index is 9.34. The molecule has 2 aromatic carbocycles. The summed E-state index contributed by atoms with van der Waals surface area (Å²) in [5, 5.41) is 9.34. The predicted molar refractivity (Wildman–Crippen MR) is 101 cm³/mol. The van der Waals surface area contributed by atoms with Gasteiger partial charge in [-0.2, -0.15) is 0 Å². The van der Waals surface area contributed by atoms with Crippen LogP contribution < -0.4 is 0 Å². The lowest BCUT2D eigenvalue weighted by atomic mass is 9.80. The van der Waals surface area contributed by atoms with Gasteiger partial charge in [-0.15, -0.1) is 0 Å². The SMILES string of the molecule is OCc1ccc(CN2CC3CCC2Cc2ccccc2C3)cc1Br. The van der Waals surface area contributed by atoms with E-state index in [0.717, 1.165) is 22.5 Å². The molecule has 126 valence electrons. The van der Waals surface area contributed by atoms with Crippen molar-refractivity contribution in [1.82, 2.24) is 4.90 Å². The lowest BCUT2D eigenvalue weighted by Gasteiger charge is -2.42. The second-order valence-corrected chi connectivity index (χ2v) is 8.14. The topological polar surface area (TPSA) is 23.5 Å². The minimum Gasteiger partial charge on any atom is -0.392 e. The van der Waals surface area contributed by atoms with E-state index in [1.807, 2.05) is 6.07 Å². The van der Waals surface area contributed by atoms with Crippen LogP contribution in [-0.2, 0) is 26.0 Å². The van der Waals surface area contributed by atoms with Crippen LogP contribution in [0.3, 0.4) is 0 Å². The van der Waals surface area contributed by atoms with Crippen LogP contribution >= 0.6 is 15.9 Å². The van der Waals surface area contributed by atoms with Crippen molar-refractivity contribution in [3.8, 4) is 0 Å². The molecule has 5 rings (SSSR count). The van der Waals surface area contributed by atoms with Crippen molar-refractivity contribution in [2.45, 2.75) is 44.9 Å². The Bertz CT molecular complexity index is 730. The number of piperidine rings is 1. The minimum absolute atomic E-state index is 0.0893. The molecular weight excluding hydrogens is 362 g/mol. The lowest BCUT2D eigenvalue weighted by molar-refractivity contribution is 0.0938. The van der Waals surface area contributed by atoms with Gasteiger partial charge in [-0.3, -0.25) is 4.90 Å². The van der Waals surface area contributed by atoms with E-state index < -0.39 is 0 Å². The maximum atomic E-state index is 9.34. The molecule has 1 N–H and O–H groups in total. The Balaban J connectivity index is 1.56. The van der Waals surface area contributed by atoms with Gasteiger partial charge in [0.05, 0.1) is 6.61 Å². The van der Waals surface area contributed by atoms with E-state index in [1.54, 1.807) is 11.1 Å². The summed E-state index contributed by atoms with van der Waals surface area (Å²) in [6.45, 7) is 2.30. The van der Waals surface area contributed by atoms with Crippen LogP contribution in [0, 0.1) is 5.92 Å². The van der Waals surface area contributed by atoms with E-state index >= 15 is 0 Å². The molecule has 1 fully saturated rings. The Morgan fingerprint density at radius 1 is 1.04 bits per heavy atom. The normalized spacial score (nSPS) is 23.6. The quantitative estimate of drug-likeness (QED) is 0.849. The summed E-state index contributed by atoms with van der Waals surface area (Å²) in [5.74, 6) is 0.780. The Labute approximate surface area is 152 Å². The van der Waals surface area contributed by atoms with Gasteiger partial charge >= 0.3 is 0 Å². The van der Waals surface area contributed by atoms with Crippen LogP contribution in [0.25, 0.3) is 0 Å². The van der Waals surface area contributed by atoms with Crippen molar-refractivity contribution < 1.29 is 5.11 Å². The van der Waals surface area contributed by atoms with Gasteiger partial charge in [0.15, 0.2) is 0 Å². The van der Waals surface area contributed by atoms with Crippen LogP contribution in [-0.4, -0.2) is 22.6 Å². The third kappa shape index (κ3) is 3.30. The molecule has 0 spiro atoms. The molecule has 3 heteroatoms. The van der Waals surface area contributed by atoms with E-state index in [4.69, 9.17) is 0 Å². The number of fused-ring (bicyclic) bond motifs is 2. The number of nitrogens with zero attached hydrogens (tertiary/aromatic N) is 1. The summed E-state index contributed by atoms with van der Waals surface area (Å²) in [6, 6.07) is 16.0. The van der Waals surface area contributed by atoms with Crippen molar-refractivity contribution in [3.05, 3.63) is 69.2 Å². The first-order valence-corrected chi connectivity index (χ1v) is 9.71. The fraction of sp³-hybridized carbons (Fsp3) is 0.429. The molecule has 3 aliphatic rings. The van der Waals surface area contributed by atoms with Crippen LogP contribution in [0.1, 0.15) is 35.1 Å². The zero-order chi connectivity index (χ0) is 16.5. The summed E-state index contributed by atoms with van der Waals surface area (Å²) >= 11 is 3.58. The highest BCUT2D eigenvalue weighted by Crippen LogP contribution is 2.33. The number of halogens is 1. The molecule has 0 saturated carbocycles. The van der Waals surface area contributed by atoms with Crippen molar-refractivity contribution in [3.63, 3.8) is 0 Å². The van der Waals surface area contributed by atoms with Crippen LogP contribution in [0.15, 0.2) is 46.9 Å². The summed E-state index contributed by atoms with van der Waals surface area (Å²) in [4.78, 5) is 2.69. The first-order valence-electron chi connectivity index (χ1n) is 8.92. The van der Waals surface area contributed by atoms with Gasteiger partial charge in [0.1, 0.15) is 0 Å². The van der Waals surface area contributed by atoms with Crippen LogP contribution in [0.2, 0.25) is 0 Å². The molecule has 2 unspecified atom stereocenters. The largest absolute Gasteiger partial charge is 0.392 e. The highest BCUT2D eigenvalue weighted by molar-refractivity contribution is 9.10. The number of hydrogen-bond acceptors (Lipinski definition) is 2. The van der Waals surface area contributed by atoms with E-state index in [9.17, 15) is 5.11 Å². The number of aliphatic hydroxyl groups excluding tert-OH is 1. The predicted octanol–water partition coefficient (Wildman–Crippen LogP) is 4.32. The molecule has 0 amide bonds. The number of rotatable bonds is 3. The molecular formula is C21H24BrNO. The molecule has 24 heavy (non-hydrogen) atoms. The Morgan fingerprint density at radius 2 is 1.83 bits per heavy atom. The van der Waals surface area contributed by atoms with Crippen molar-refractivity contribution in [1.29, 1.82) is 0 Å². The second-order valence-electron chi connectivity index (χ2n) is 7.29. The molecule has 2 nitrogen and oxygen atoms in total. The number of hydrogen-bond donors (Lipinski definition) is 1. The summed E-state index contributed by atoms with van der Waals surface area (Å²) < 4.78 is 1.02. The van der Waals surface area contributed by atoms with Gasteiger partial charge in [-0.25, -0.2) is 0 Å². The number of benzene rings is 2. The zero-order valence-electron chi connectivity index (χ0n) is 13.9. The molecule has 2 heterocycles. The van der Waals surface area contributed by atoms with Crippen molar-refractivity contribution in [2.75, 3.05) is 6.54 Å². The Kier molecular flexibility index (Phi) is 4.75. The minimum atomic E-state index is 0.0893. The van der Waals surface area contributed by atoms with Gasteiger partial charge in [0.2, 0.25) is 0 Å². The molecule has 1 aliphatic carbocycles. The average Bonchev–Trinajstić information content (AvgIpc) is 2.56. The van der Waals surface area contributed by atoms with Crippen LogP contribution in [0.5, 0.6) is 0 Å². The van der Waals surface area contributed by atoms with E-state index in [2.05, 4.69) is 57.2 Å². The zero-order valence-corrected chi connectivity index (χ0v) is 15.5. The molecule has 2 aromatic rings. The summed E-state index contributed by atoms with van der Waals surface area (Å²) in [5.41, 5.74) is 5.41. The lowest BCUT2D eigenvalue weighted by Crippen LogP contribution is -2.46. The highest BCUT2D eigenvalue weighted by atomic mass is 79.9. The average molecular weight is 386 g/mol. The molecule has 1 saturated heterocycles.